The van der Waals surface area contributed by atoms with Gasteiger partial charge in [0, 0.05) is 56.5 Å². The van der Waals surface area contributed by atoms with E-state index in [4.69, 9.17) is 4.74 Å². The van der Waals surface area contributed by atoms with E-state index in [1.807, 2.05) is 0 Å². The molecule has 200 valence electrons. The summed E-state index contributed by atoms with van der Waals surface area (Å²) in [7, 11) is 3.16. The van der Waals surface area contributed by atoms with E-state index in [2.05, 4.69) is 34.7 Å². The molecule has 5 rings (SSSR count). The third-order valence-corrected chi connectivity index (χ3v) is 7.51. The summed E-state index contributed by atoms with van der Waals surface area (Å²) in [5.74, 6) is -0.463. The molecule has 0 radical (unpaired) electrons. The van der Waals surface area contributed by atoms with Crippen LogP contribution in [0.5, 0.6) is 5.75 Å². The molecule has 9 heteroatoms. The van der Waals surface area contributed by atoms with Gasteiger partial charge in [-0.3, -0.25) is 9.69 Å². The van der Waals surface area contributed by atoms with Crippen LogP contribution in [0.1, 0.15) is 25.1 Å². The molecule has 0 bridgehead atoms. The Hall–Kier alpha value is -4.29. The number of anilines is 1. The van der Waals surface area contributed by atoms with Crippen molar-refractivity contribution in [2.45, 2.75) is 32.5 Å². The number of piperazine rings is 1. The fourth-order valence-electron chi connectivity index (χ4n) is 5.39. The quantitative estimate of drug-likeness (QED) is 0.368. The van der Waals surface area contributed by atoms with Crippen LogP contribution in [0.25, 0.3) is 22.2 Å². The van der Waals surface area contributed by atoms with Crippen molar-refractivity contribution in [2.24, 2.45) is 7.05 Å². The van der Waals surface area contributed by atoms with Crippen molar-refractivity contribution >= 4 is 16.7 Å². The number of nitriles is 1. The summed E-state index contributed by atoms with van der Waals surface area (Å²) in [6, 6.07) is 16.1. The van der Waals surface area contributed by atoms with E-state index in [1.165, 1.54) is 35.9 Å². The van der Waals surface area contributed by atoms with Crippen LogP contribution >= 0.6 is 0 Å². The lowest BCUT2D eigenvalue weighted by Crippen LogP contribution is -2.56. The van der Waals surface area contributed by atoms with E-state index in [0.717, 1.165) is 5.56 Å². The highest BCUT2D eigenvalue weighted by Crippen LogP contribution is 2.35. The zero-order valence-electron chi connectivity index (χ0n) is 22.3. The average Bonchev–Trinajstić information content (AvgIpc) is 2.93. The first kappa shape index (κ1) is 26.3. The second-order valence-electron chi connectivity index (χ2n) is 10.0. The first-order chi connectivity index (χ1) is 18.7. The molecule has 4 aromatic rings. The first-order valence-electron chi connectivity index (χ1n) is 12.7. The van der Waals surface area contributed by atoms with E-state index < -0.39 is 5.82 Å². The maximum Gasteiger partial charge on any atom is 0.252 e. The minimum Gasteiger partial charge on any atom is -0.496 e. The Morgan fingerprint density at radius 3 is 2.49 bits per heavy atom. The number of methoxy groups -OCH3 is 1. The number of fused-ring (bicyclic) bond motifs is 1. The van der Waals surface area contributed by atoms with Crippen LogP contribution in [0.4, 0.5) is 14.5 Å². The molecule has 0 saturated carbocycles. The SMILES string of the molecule is COc1cc(F)ccc1-c1cc(F)ccc1CN1C[C@@H](C)N(c2cc(=O)n(C)c3ccc(C#N)nc23)C[C@@H]1C. The Morgan fingerprint density at radius 1 is 1.00 bits per heavy atom. The molecule has 0 N–H and O–H groups in total. The molecule has 3 heterocycles. The minimum atomic E-state index is -0.424. The molecule has 1 aliphatic rings. The summed E-state index contributed by atoms with van der Waals surface area (Å²) >= 11 is 0. The van der Waals surface area contributed by atoms with Crippen LogP contribution in [-0.2, 0) is 13.6 Å². The Bertz CT molecular complexity index is 1660. The fraction of sp³-hybridized carbons (Fsp3) is 0.300. The van der Waals surface area contributed by atoms with Crippen LogP contribution in [0, 0.1) is 23.0 Å². The maximum atomic E-state index is 14.4. The number of halogens is 2. The number of hydrogen-bond donors (Lipinski definition) is 0. The summed E-state index contributed by atoms with van der Waals surface area (Å²) in [6.45, 7) is 6.04. The predicted molar refractivity (Wildman–Crippen MR) is 147 cm³/mol. The van der Waals surface area contributed by atoms with Gasteiger partial charge in [0.25, 0.3) is 5.56 Å². The molecule has 2 aromatic carbocycles. The van der Waals surface area contributed by atoms with Crippen molar-refractivity contribution in [1.29, 1.82) is 5.26 Å². The molecule has 0 amide bonds. The van der Waals surface area contributed by atoms with Gasteiger partial charge in [-0.05, 0) is 61.4 Å². The standard InChI is InChI=1S/C30H29F2N5O2/c1-18-16-37(27-13-29(38)35(3)26-10-8-23(14-33)34-30(26)27)19(2)15-36(18)17-20-5-6-21(31)11-25(20)24-9-7-22(32)12-28(24)39-4/h5-13,18-19H,15-17H2,1-4H3/t18-,19+/m0/s1. The third kappa shape index (κ3) is 4.95. The summed E-state index contributed by atoms with van der Waals surface area (Å²) in [6.07, 6.45) is 0. The summed E-state index contributed by atoms with van der Waals surface area (Å²) < 4.78 is 35.1. The van der Waals surface area contributed by atoms with Gasteiger partial charge in [-0.15, -0.1) is 0 Å². The van der Waals surface area contributed by atoms with E-state index in [0.29, 0.717) is 58.9 Å². The van der Waals surface area contributed by atoms with Crippen LogP contribution in [-0.4, -0.2) is 46.7 Å². The van der Waals surface area contributed by atoms with Gasteiger partial charge in [-0.25, -0.2) is 13.8 Å². The highest BCUT2D eigenvalue weighted by atomic mass is 19.1. The molecule has 0 spiro atoms. The Kier molecular flexibility index (Phi) is 7.06. The summed E-state index contributed by atoms with van der Waals surface area (Å²) in [5.41, 5.74) is 4.32. The van der Waals surface area contributed by atoms with Gasteiger partial charge >= 0.3 is 0 Å². The second-order valence-corrected chi connectivity index (χ2v) is 10.0. The molecule has 2 aromatic heterocycles. The average molecular weight is 530 g/mol. The van der Waals surface area contributed by atoms with Crippen LogP contribution in [0.2, 0.25) is 0 Å². The van der Waals surface area contributed by atoms with Gasteiger partial charge in [0.1, 0.15) is 34.7 Å². The number of nitrogens with zero attached hydrogens (tertiary/aromatic N) is 5. The predicted octanol–water partition coefficient (Wildman–Crippen LogP) is 4.86. The highest BCUT2D eigenvalue weighted by Gasteiger charge is 2.31. The molecule has 39 heavy (non-hydrogen) atoms. The number of ether oxygens (including phenoxy) is 1. The Labute approximate surface area is 225 Å². The van der Waals surface area contributed by atoms with Gasteiger partial charge in [-0.1, -0.05) is 6.07 Å². The lowest BCUT2D eigenvalue weighted by molar-refractivity contribution is 0.158. The van der Waals surface area contributed by atoms with Crippen molar-refractivity contribution in [3.63, 3.8) is 0 Å². The van der Waals surface area contributed by atoms with Crippen molar-refractivity contribution in [2.75, 3.05) is 25.1 Å². The van der Waals surface area contributed by atoms with Crippen molar-refractivity contribution in [3.05, 3.63) is 87.8 Å². The van der Waals surface area contributed by atoms with Crippen molar-refractivity contribution in [3.8, 4) is 22.9 Å². The zero-order valence-corrected chi connectivity index (χ0v) is 22.3. The van der Waals surface area contributed by atoms with Crippen molar-refractivity contribution < 1.29 is 13.5 Å². The number of aromatic nitrogens is 2. The second kappa shape index (κ2) is 10.5. The number of pyridine rings is 2. The topological polar surface area (TPSA) is 74.4 Å². The fourth-order valence-corrected chi connectivity index (χ4v) is 5.39. The highest BCUT2D eigenvalue weighted by molar-refractivity contribution is 5.89. The van der Waals surface area contributed by atoms with Gasteiger partial charge in [-0.2, -0.15) is 5.26 Å². The number of rotatable bonds is 5. The van der Waals surface area contributed by atoms with Gasteiger partial charge in [0.05, 0.1) is 18.3 Å². The third-order valence-electron chi connectivity index (χ3n) is 7.51. The van der Waals surface area contributed by atoms with Crippen LogP contribution in [0.15, 0.2) is 59.4 Å². The van der Waals surface area contributed by atoms with Gasteiger partial charge in [0.15, 0.2) is 0 Å². The zero-order chi connectivity index (χ0) is 27.8. The molecular formula is C30H29F2N5O2. The molecule has 0 aliphatic carbocycles. The lowest BCUT2D eigenvalue weighted by atomic mass is 9.97. The molecule has 1 aliphatic heterocycles. The van der Waals surface area contributed by atoms with E-state index in [9.17, 15) is 18.8 Å². The van der Waals surface area contributed by atoms with Crippen molar-refractivity contribution in [1.82, 2.24) is 14.5 Å². The van der Waals surface area contributed by atoms with Crippen LogP contribution in [0.3, 0.4) is 0 Å². The molecule has 2 atom stereocenters. The lowest BCUT2D eigenvalue weighted by Gasteiger charge is -2.45. The normalized spacial score (nSPS) is 17.8. The number of aryl methyl sites for hydroxylation is 1. The number of benzene rings is 2. The van der Waals surface area contributed by atoms with Crippen LogP contribution < -0.4 is 15.2 Å². The monoisotopic (exact) mass is 529 g/mol. The first-order valence-corrected chi connectivity index (χ1v) is 12.7. The van der Waals surface area contributed by atoms with E-state index in [-0.39, 0.29) is 23.5 Å². The molecule has 7 nitrogen and oxygen atoms in total. The molecule has 0 unspecified atom stereocenters. The Balaban J connectivity index is 1.47. The number of hydrogen-bond acceptors (Lipinski definition) is 6. The van der Waals surface area contributed by atoms with E-state index >= 15 is 0 Å². The summed E-state index contributed by atoms with van der Waals surface area (Å²) in [5, 5.41) is 9.41. The molecule has 1 fully saturated rings. The van der Waals surface area contributed by atoms with E-state index in [1.54, 1.807) is 37.4 Å². The smallest absolute Gasteiger partial charge is 0.252 e. The minimum absolute atomic E-state index is 0.0216. The van der Waals surface area contributed by atoms with Gasteiger partial charge in [0.2, 0.25) is 0 Å². The Morgan fingerprint density at radius 2 is 1.74 bits per heavy atom. The van der Waals surface area contributed by atoms with Gasteiger partial charge < -0.3 is 14.2 Å². The largest absolute Gasteiger partial charge is 0.496 e. The summed E-state index contributed by atoms with van der Waals surface area (Å²) in [4.78, 5) is 21.8. The molecule has 1 saturated heterocycles. The maximum absolute atomic E-state index is 14.4. The molecular weight excluding hydrogens is 500 g/mol.